The van der Waals surface area contributed by atoms with Gasteiger partial charge in [-0.25, -0.2) is 0 Å². The molecule has 1 aliphatic rings. The normalized spacial score (nSPS) is 14.0. The summed E-state index contributed by atoms with van der Waals surface area (Å²) >= 11 is 1.92. The minimum Gasteiger partial charge on any atom is -0.135 e. The Hall–Kier alpha value is -6.80. The molecule has 10 aromatic rings. The molecule has 304 valence electrons. The van der Waals surface area contributed by atoms with Crippen LogP contribution in [0.5, 0.6) is 0 Å². The topological polar surface area (TPSA) is 0 Å². The maximum absolute atomic E-state index is 2.53. The van der Waals surface area contributed by atoms with E-state index in [0.717, 1.165) is 25.7 Å². The lowest BCUT2D eigenvalue weighted by Crippen LogP contribution is -2.03. The predicted octanol–water partition coefficient (Wildman–Crippen LogP) is 17.5. The van der Waals surface area contributed by atoms with Gasteiger partial charge in [0, 0.05) is 26.1 Å². The summed E-state index contributed by atoms with van der Waals surface area (Å²) in [5.41, 5.74) is 21.4. The average molecular weight is 827 g/mol. The number of thiophene rings is 1. The molecule has 0 spiro atoms. The van der Waals surface area contributed by atoms with E-state index < -0.39 is 0 Å². The van der Waals surface area contributed by atoms with Crippen LogP contribution in [-0.4, -0.2) is 0 Å². The molecular formula is C62H50S. The standard InChI is InChI=1S/C62H50S/c1-3-42(43-17-6-4-7-18-43)36-48-21-10-11-24-53(48)52-32-29-46(35-41(52)2)47-30-33-54-50(38-47)31-34-55(57-26-13-12-25-56(54)57)51-39-59(62-60(40-51)58-27-14-15-28-61(58)63-62)49-23-16-22-45(37-49)44-19-8-5-9-20-44/h4-30,32-33,35,37-40,42,55H,3,31,34,36H2,1-2H3. The van der Waals surface area contributed by atoms with E-state index in [-0.39, 0.29) is 5.92 Å². The largest absolute Gasteiger partial charge is 0.135 e. The van der Waals surface area contributed by atoms with Crippen molar-refractivity contribution in [2.45, 2.75) is 51.4 Å². The first-order chi connectivity index (χ1) is 31.1. The van der Waals surface area contributed by atoms with Crippen LogP contribution >= 0.6 is 11.3 Å². The summed E-state index contributed by atoms with van der Waals surface area (Å²) in [5.74, 6) is 0.751. The molecule has 1 aromatic heterocycles. The number of aryl methyl sites for hydroxylation is 2. The van der Waals surface area contributed by atoms with Crippen molar-refractivity contribution in [3.63, 3.8) is 0 Å². The Morgan fingerprint density at radius 2 is 1.16 bits per heavy atom. The molecule has 63 heavy (non-hydrogen) atoms. The van der Waals surface area contributed by atoms with Gasteiger partial charge in [0.25, 0.3) is 0 Å². The Bertz CT molecular complexity index is 3260. The van der Waals surface area contributed by atoms with Crippen LogP contribution in [0.1, 0.15) is 65.0 Å². The highest BCUT2D eigenvalue weighted by molar-refractivity contribution is 7.26. The van der Waals surface area contributed by atoms with Crippen molar-refractivity contribution < 1.29 is 0 Å². The summed E-state index contributed by atoms with van der Waals surface area (Å²) in [7, 11) is 0. The van der Waals surface area contributed by atoms with E-state index in [1.54, 1.807) is 0 Å². The molecule has 0 saturated heterocycles. The van der Waals surface area contributed by atoms with Crippen LogP contribution < -0.4 is 0 Å². The molecule has 2 unspecified atom stereocenters. The van der Waals surface area contributed by atoms with Gasteiger partial charge in [0.1, 0.15) is 0 Å². The second kappa shape index (κ2) is 16.8. The zero-order valence-electron chi connectivity index (χ0n) is 36.0. The highest BCUT2D eigenvalue weighted by atomic mass is 32.1. The first-order valence-corrected chi connectivity index (χ1v) is 23.5. The van der Waals surface area contributed by atoms with Gasteiger partial charge in [-0.1, -0.05) is 189 Å². The molecule has 1 heterocycles. The van der Waals surface area contributed by atoms with E-state index in [2.05, 4.69) is 220 Å². The lowest BCUT2D eigenvalue weighted by Gasteiger charge is -2.20. The molecule has 1 heteroatoms. The SMILES string of the molecule is CCC(Cc1ccccc1-c1ccc(-c2ccc3c(c2)CCC(c2cc(-c4cccc(-c5ccccc5)c4)c4sc5ccccc5c4c2)c2ccccc2-3)cc1C)c1ccccc1. The van der Waals surface area contributed by atoms with Gasteiger partial charge in [-0.05, 0) is 152 Å². The van der Waals surface area contributed by atoms with Crippen molar-refractivity contribution in [1.82, 2.24) is 0 Å². The zero-order chi connectivity index (χ0) is 42.3. The molecule has 11 rings (SSSR count). The van der Waals surface area contributed by atoms with Crippen molar-refractivity contribution in [2.75, 3.05) is 0 Å². The smallest absolute Gasteiger partial charge is 0.0434 e. The van der Waals surface area contributed by atoms with Gasteiger partial charge < -0.3 is 0 Å². The zero-order valence-corrected chi connectivity index (χ0v) is 36.8. The molecule has 0 N–H and O–H groups in total. The van der Waals surface area contributed by atoms with Crippen LogP contribution in [0.3, 0.4) is 0 Å². The number of rotatable bonds is 9. The molecule has 0 amide bonds. The first kappa shape index (κ1) is 39.1. The van der Waals surface area contributed by atoms with Crippen molar-refractivity contribution in [2.24, 2.45) is 0 Å². The Morgan fingerprint density at radius 1 is 0.492 bits per heavy atom. The molecule has 0 radical (unpaired) electrons. The Morgan fingerprint density at radius 3 is 1.98 bits per heavy atom. The van der Waals surface area contributed by atoms with E-state index in [1.807, 2.05) is 11.3 Å². The highest BCUT2D eigenvalue weighted by Crippen LogP contribution is 2.47. The second-order valence-corrected chi connectivity index (χ2v) is 18.5. The molecule has 0 saturated carbocycles. The summed E-state index contributed by atoms with van der Waals surface area (Å²) in [5, 5.41) is 2.70. The average Bonchev–Trinajstić information content (AvgIpc) is 3.64. The number of hydrogen-bond acceptors (Lipinski definition) is 1. The minimum atomic E-state index is 0.256. The van der Waals surface area contributed by atoms with E-state index >= 15 is 0 Å². The number of benzene rings is 9. The lowest BCUT2D eigenvalue weighted by atomic mass is 9.84. The maximum Gasteiger partial charge on any atom is 0.0434 e. The van der Waals surface area contributed by atoms with E-state index in [9.17, 15) is 0 Å². The van der Waals surface area contributed by atoms with Crippen molar-refractivity contribution in [1.29, 1.82) is 0 Å². The molecule has 0 fully saturated rings. The first-order valence-electron chi connectivity index (χ1n) is 22.7. The van der Waals surface area contributed by atoms with Gasteiger partial charge in [0.2, 0.25) is 0 Å². The van der Waals surface area contributed by atoms with Crippen molar-refractivity contribution >= 4 is 31.5 Å². The van der Waals surface area contributed by atoms with Crippen molar-refractivity contribution in [3.8, 4) is 55.6 Å². The summed E-state index contributed by atoms with van der Waals surface area (Å²) in [6.07, 6.45) is 4.20. The fourth-order valence-electron chi connectivity index (χ4n) is 10.4. The summed E-state index contributed by atoms with van der Waals surface area (Å²) in [4.78, 5) is 0. The minimum absolute atomic E-state index is 0.256. The van der Waals surface area contributed by atoms with Crippen LogP contribution in [-0.2, 0) is 12.8 Å². The van der Waals surface area contributed by atoms with E-state index in [1.165, 1.54) is 109 Å². The third-order valence-corrected chi connectivity index (χ3v) is 14.9. The molecule has 0 bridgehead atoms. The number of fused-ring (bicyclic) bond motifs is 6. The molecule has 9 aromatic carbocycles. The number of hydrogen-bond donors (Lipinski definition) is 0. The van der Waals surface area contributed by atoms with Crippen LogP contribution in [0.4, 0.5) is 0 Å². The lowest BCUT2D eigenvalue weighted by molar-refractivity contribution is 0.661. The van der Waals surface area contributed by atoms with Gasteiger partial charge in [-0.15, -0.1) is 11.3 Å². The Kier molecular flexibility index (Phi) is 10.4. The van der Waals surface area contributed by atoms with E-state index in [4.69, 9.17) is 0 Å². The van der Waals surface area contributed by atoms with Gasteiger partial charge >= 0.3 is 0 Å². The summed E-state index contributed by atoms with van der Waals surface area (Å²) in [6, 6.07) is 77.5. The fourth-order valence-corrected chi connectivity index (χ4v) is 11.7. The van der Waals surface area contributed by atoms with Crippen LogP contribution in [0, 0.1) is 6.92 Å². The van der Waals surface area contributed by atoms with Crippen LogP contribution in [0.15, 0.2) is 206 Å². The third-order valence-electron chi connectivity index (χ3n) is 13.7. The van der Waals surface area contributed by atoms with Gasteiger partial charge in [0.05, 0.1) is 0 Å². The maximum atomic E-state index is 2.53. The van der Waals surface area contributed by atoms with E-state index in [0.29, 0.717) is 5.92 Å². The third kappa shape index (κ3) is 7.41. The Labute approximate surface area is 376 Å². The van der Waals surface area contributed by atoms with Gasteiger partial charge in [-0.2, -0.15) is 0 Å². The van der Waals surface area contributed by atoms with Crippen LogP contribution in [0.25, 0.3) is 75.8 Å². The fraction of sp³-hybridized carbons (Fsp3) is 0.129. The Balaban J connectivity index is 0.948. The quantitative estimate of drug-likeness (QED) is 0.136. The molecule has 0 aliphatic heterocycles. The summed E-state index contributed by atoms with van der Waals surface area (Å²) in [6.45, 7) is 4.60. The monoisotopic (exact) mass is 826 g/mol. The molecule has 2 atom stereocenters. The molecular weight excluding hydrogens is 777 g/mol. The predicted molar refractivity (Wildman–Crippen MR) is 271 cm³/mol. The highest BCUT2D eigenvalue weighted by Gasteiger charge is 2.26. The second-order valence-electron chi connectivity index (χ2n) is 17.4. The van der Waals surface area contributed by atoms with Crippen molar-refractivity contribution in [3.05, 3.63) is 240 Å². The molecule has 0 nitrogen and oxygen atoms in total. The molecule has 1 aliphatic carbocycles. The van der Waals surface area contributed by atoms with Crippen LogP contribution in [0.2, 0.25) is 0 Å². The van der Waals surface area contributed by atoms with Gasteiger partial charge in [0.15, 0.2) is 0 Å². The van der Waals surface area contributed by atoms with Gasteiger partial charge in [-0.3, -0.25) is 0 Å². The summed E-state index contributed by atoms with van der Waals surface area (Å²) < 4.78 is 2.70.